The van der Waals surface area contributed by atoms with Crippen LogP contribution in [-0.2, 0) is 10.0 Å². The molecule has 2 fully saturated rings. The molecular weight excluding hydrogens is 300 g/mol. The molecule has 7 heteroatoms. The van der Waals surface area contributed by atoms with Crippen molar-refractivity contribution < 1.29 is 8.42 Å². The predicted octanol–water partition coefficient (Wildman–Crippen LogP) is 2.31. The fourth-order valence-electron chi connectivity index (χ4n) is 3.25. The van der Waals surface area contributed by atoms with Crippen molar-refractivity contribution in [3.63, 3.8) is 0 Å². The molecule has 0 radical (unpaired) electrons. The summed E-state index contributed by atoms with van der Waals surface area (Å²) >= 11 is 0. The summed E-state index contributed by atoms with van der Waals surface area (Å²) in [6, 6.07) is 0.543. The second-order valence-corrected chi connectivity index (χ2v) is 8.64. The normalized spacial score (nSPS) is 23.8. The van der Waals surface area contributed by atoms with Gasteiger partial charge in [-0.1, -0.05) is 19.8 Å². The second kappa shape index (κ2) is 6.66. The van der Waals surface area contributed by atoms with Gasteiger partial charge in [-0.2, -0.15) is 0 Å². The zero-order valence-corrected chi connectivity index (χ0v) is 14.1. The summed E-state index contributed by atoms with van der Waals surface area (Å²) in [7, 11) is -3.12. The first kappa shape index (κ1) is 15.9. The summed E-state index contributed by atoms with van der Waals surface area (Å²) in [5.74, 6) is 1.46. The lowest BCUT2D eigenvalue weighted by atomic mass is 9.99. The Morgan fingerprint density at radius 1 is 1.27 bits per heavy atom. The molecule has 0 amide bonds. The van der Waals surface area contributed by atoms with Crippen LogP contribution in [0.1, 0.15) is 69.7 Å². The molecule has 3 rings (SSSR count). The van der Waals surface area contributed by atoms with E-state index in [0.717, 1.165) is 37.9 Å². The minimum Gasteiger partial charge on any atom is -0.314 e. The monoisotopic (exact) mass is 326 g/mol. The zero-order chi connectivity index (χ0) is 15.6. The smallest absolute Gasteiger partial charge is 0.214 e. The summed E-state index contributed by atoms with van der Waals surface area (Å²) in [5, 5.41) is 8.34. The van der Waals surface area contributed by atoms with Crippen molar-refractivity contribution in [2.75, 3.05) is 18.8 Å². The van der Waals surface area contributed by atoms with Gasteiger partial charge in [-0.3, -0.25) is 0 Å². The maximum atomic E-state index is 12.5. The van der Waals surface area contributed by atoms with Crippen LogP contribution in [0.4, 0.5) is 0 Å². The molecule has 1 aliphatic heterocycles. The number of nitrogens with zero attached hydrogens (tertiary/aromatic N) is 4. The fourth-order valence-corrected chi connectivity index (χ4v) is 4.89. The van der Waals surface area contributed by atoms with Crippen molar-refractivity contribution in [3.05, 3.63) is 12.2 Å². The Labute approximate surface area is 133 Å². The van der Waals surface area contributed by atoms with Crippen LogP contribution >= 0.6 is 0 Å². The molecule has 1 saturated heterocycles. The van der Waals surface area contributed by atoms with E-state index < -0.39 is 10.0 Å². The first-order chi connectivity index (χ1) is 10.6. The quantitative estimate of drug-likeness (QED) is 0.721. The number of piperidine rings is 1. The predicted molar refractivity (Wildman–Crippen MR) is 85.2 cm³/mol. The first-order valence-corrected chi connectivity index (χ1v) is 10.1. The largest absolute Gasteiger partial charge is 0.314 e. The molecule has 1 unspecified atom stereocenters. The van der Waals surface area contributed by atoms with E-state index in [0.29, 0.717) is 19.1 Å². The lowest BCUT2D eigenvalue weighted by Crippen LogP contribution is -2.40. The van der Waals surface area contributed by atoms with Crippen LogP contribution in [0, 0.1) is 0 Å². The second-order valence-electron chi connectivity index (χ2n) is 6.55. The van der Waals surface area contributed by atoms with Gasteiger partial charge >= 0.3 is 0 Å². The van der Waals surface area contributed by atoms with E-state index in [1.54, 1.807) is 4.31 Å². The van der Waals surface area contributed by atoms with E-state index in [1.807, 2.05) is 6.33 Å². The van der Waals surface area contributed by atoms with Crippen molar-refractivity contribution in [1.29, 1.82) is 0 Å². The molecule has 0 aromatic carbocycles. The molecule has 1 atom stereocenters. The Morgan fingerprint density at radius 2 is 2.09 bits per heavy atom. The molecular formula is C15H26N4O2S. The topological polar surface area (TPSA) is 68.1 Å². The fraction of sp³-hybridized carbons (Fsp3) is 0.867. The van der Waals surface area contributed by atoms with Gasteiger partial charge in [-0.05, 0) is 32.1 Å². The van der Waals surface area contributed by atoms with Gasteiger partial charge < -0.3 is 4.57 Å². The zero-order valence-electron chi connectivity index (χ0n) is 13.3. The minimum absolute atomic E-state index is 0.192. The molecule has 1 saturated carbocycles. The average molecular weight is 326 g/mol. The third kappa shape index (κ3) is 3.51. The van der Waals surface area contributed by atoms with Gasteiger partial charge in [0.05, 0.1) is 5.75 Å². The van der Waals surface area contributed by atoms with Crippen molar-refractivity contribution >= 4 is 10.0 Å². The van der Waals surface area contributed by atoms with Crippen molar-refractivity contribution in [2.45, 2.75) is 63.8 Å². The van der Waals surface area contributed by atoms with Crippen LogP contribution in [-0.4, -0.2) is 46.3 Å². The van der Waals surface area contributed by atoms with Crippen molar-refractivity contribution in [1.82, 2.24) is 19.1 Å². The number of sulfonamides is 1. The lowest BCUT2D eigenvalue weighted by molar-refractivity contribution is 0.304. The number of hydrogen-bond acceptors (Lipinski definition) is 4. The molecule has 0 N–H and O–H groups in total. The highest BCUT2D eigenvalue weighted by molar-refractivity contribution is 7.89. The van der Waals surface area contributed by atoms with Gasteiger partial charge in [0.15, 0.2) is 0 Å². The van der Waals surface area contributed by atoms with Gasteiger partial charge in [0.2, 0.25) is 10.0 Å². The van der Waals surface area contributed by atoms with Crippen LogP contribution in [0.15, 0.2) is 6.33 Å². The highest BCUT2D eigenvalue weighted by Crippen LogP contribution is 2.38. The molecule has 22 heavy (non-hydrogen) atoms. The molecule has 2 aliphatic rings. The molecule has 124 valence electrons. The Balaban J connectivity index is 1.67. The van der Waals surface area contributed by atoms with E-state index in [1.165, 1.54) is 12.8 Å². The molecule has 6 nitrogen and oxygen atoms in total. The Hall–Kier alpha value is -0.950. The Bertz CT molecular complexity index is 594. The van der Waals surface area contributed by atoms with Gasteiger partial charge in [-0.15, -0.1) is 10.2 Å². The van der Waals surface area contributed by atoms with E-state index in [-0.39, 0.29) is 11.7 Å². The van der Waals surface area contributed by atoms with E-state index >= 15 is 0 Å². The summed E-state index contributed by atoms with van der Waals surface area (Å²) < 4.78 is 28.8. The number of hydrogen-bond donors (Lipinski definition) is 0. The lowest BCUT2D eigenvalue weighted by Gasteiger charge is -2.31. The maximum Gasteiger partial charge on any atom is 0.214 e. The minimum atomic E-state index is -3.12. The van der Waals surface area contributed by atoms with E-state index in [2.05, 4.69) is 21.7 Å². The Kier molecular flexibility index (Phi) is 4.82. The summed E-state index contributed by atoms with van der Waals surface area (Å²) in [4.78, 5) is 0. The van der Waals surface area contributed by atoms with Crippen molar-refractivity contribution in [2.24, 2.45) is 0 Å². The number of aromatic nitrogens is 3. The Morgan fingerprint density at radius 3 is 2.82 bits per heavy atom. The third-order valence-electron chi connectivity index (χ3n) is 4.69. The van der Waals surface area contributed by atoms with Crippen LogP contribution in [0.3, 0.4) is 0 Å². The van der Waals surface area contributed by atoms with Crippen LogP contribution in [0.2, 0.25) is 0 Å². The van der Waals surface area contributed by atoms with E-state index in [4.69, 9.17) is 0 Å². The highest BCUT2D eigenvalue weighted by Gasteiger charge is 2.34. The summed E-state index contributed by atoms with van der Waals surface area (Å²) in [6.45, 7) is 3.32. The summed E-state index contributed by atoms with van der Waals surface area (Å²) in [5.41, 5.74) is 0. The molecule has 1 aromatic heterocycles. The van der Waals surface area contributed by atoms with Gasteiger partial charge in [-0.25, -0.2) is 12.7 Å². The van der Waals surface area contributed by atoms with Crippen LogP contribution < -0.4 is 0 Å². The molecule has 1 aromatic rings. The van der Waals surface area contributed by atoms with Crippen LogP contribution in [0.5, 0.6) is 0 Å². The highest BCUT2D eigenvalue weighted by atomic mass is 32.2. The third-order valence-corrected chi connectivity index (χ3v) is 6.61. The number of rotatable bonds is 7. The van der Waals surface area contributed by atoms with Crippen molar-refractivity contribution in [3.8, 4) is 0 Å². The van der Waals surface area contributed by atoms with Gasteiger partial charge in [0.1, 0.15) is 12.2 Å². The first-order valence-electron chi connectivity index (χ1n) is 8.49. The molecule has 2 heterocycles. The maximum absolute atomic E-state index is 12.5. The van der Waals surface area contributed by atoms with E-state index in [9.17, 15) is 8.42 Å². The number of unbranched alkanes of at least 4 members (excludes halogenated alkanes) is 2. The standard InChI is InChI=1S/C15H26N4O2S/c1-2-3-4-10-22(20,21)18-9-5-6-13(11-18)15-17-16-12-19(15)14-7-8-14/h12-14H,2-11H2,1H3. The molecule has 1 aliphatic carbocycles. The van der Waals surface area contributed by atoms with Crippen LogP contribution in [0.25, 0.3) is 0 Å². The van der Waals surface area contributed by atoms with Gasteiger partial charge in [0, 0.05) is 25.0 Å². The van der Waals surface area contributed by atoms with Gasteiger partial charge in [0.25, 0.3) is 0 Å². The molecule has 0 bridgehead atoms. The SMILES string of the molecule is CCCCCS(=O)(=O)N1CCCC(c2nncn2C2CC2)C1. The average Bonchev–Trinajstić information content (AvgIpc) is 3.24. The molecule has 0 spiro atoms. The summed E-state index contributed by atoms with van der Waals surface area (Å²) in [6.07, 6.45) is 8.89.